The van der Waals surface area contributed by atoms with Gasteiger partial charge in [0.2, 0.25) is 5.91 Å². The largest absolute Gasteiger partial charge is 0.351 e. The van der Waals surface area contributed by atoms with Crippen LogP contribution in [0.1, 0.15) is 6.42 Å². The molecule has 1 aliphatic heterocycles. The minimum atomic E-state index is -2.97. The Morgan fingerprint density at radius 2 is 2.20 bits per heavy atom. The Bertz CT molecular complexity index is 751. The Morgan fingerprint density at radius 1 is 1.40 bits per heavy atom. The minimum Gasteiger partial charge on any atom is -0.351 e. The molecule has 0 saturated carbocycles. The van der Waals surface area contributed by atoms with Crippen molar-refractivity contribution in [2.45, 2.75) is 19.0 Å². The van der Waals surface area contributed by atoms with Gasteiger partial charge < -0.3 is 9.88 Å². The summed E-state index contributed by atoms with van der Waals surface area (Å²) in [5.74, 6) is 0.0188. The number of imidazole rings is 1. The van der Waals surface area contributed by atoms with Gasteiger partial charge in [0.05, 0.1) is 28.9 Å². The summed E-state index contributed by atoms with van der Waals surface area (Å²) in [5, 5.41) is 2.77. The predicted molar refractivity (Wildman–Crippen MR) is 74.9 cm³/mol. The number of carbonyl (C=O) groups excluding carboxylic acids is 1. The van der Waals surface area contributed by atoms with Crippen LogP contribution in [-0.4, -0.2) is 41.4 Å². The van der Waals surface area contributed by atoms with Crippen molar-refractivity contribution in [2.24, 2.45) is 0 Å². The van der Waals surface area contributed by atoms with Crippen molar-refractivity contribution in [2.75, 3.05) is 11.5 Å². The number of nitrogens with one attached hydrogen (secondary N) is 1. The van der Waals surface area contributed by atoms with Crippen LogP contribution in [0.25, 0.3) is 11.0 Å². The molecule has 0 bridgehead atoms. The Balaban J connectivity index is 1.67. The summed E-state index contributed by atoms with van der Waals surface area (Å²) in [6, 6.07) is 7.30. The molecule has 1 atom stereocenters. The molecule has 1 fully saturated rings. The summed E-state index contributed by atoms with van der Waals surface area (Å²) in [4.78, 5) is 16.2. The highest BCUT2D eigenvalue weighted by Gasteiger charge is 2.28. The lowest BCUT2D eigenvalue weighted by molar-refractivity contribution is -0.122. The molecule has 1 aromatic carbocycles. The zero-order valence-corrected chi connectivity index (χ0v) is 11.6. The predicted octanol–water partition coefficient (Wildman–Crippen LogP) is 0.340. The molecule has 7 heteroatoms. The SMILES string of the molecule is O=C(Cn1cnc2ccccc21)NC1CCS(=O)(=O)C1. The lowest BCUT2D eigenvalue weighted by Gasteiger charge is -2.11. The maximum atomic E-state index is 12.0. The minimum absolute atomic E-state index is 0.0451. The van der Waals surface area contributed by atoms with E-state index in [4.69, 9.17) is 0 Å². The number of aromatic nitrogens is 2. The van der Waals surface area contributed by atoms with Crippen molar-refractivity contribution in [3.05, 3.63) is 30.6 Å². The second-order valence-electron chi connectivity index (χ2n) is 5.03. The van der Waals surface area contributed by atoms with E-state index in [-0.39, 0.29) is 30.0 Å². The van der Waals surface area contributed by atoms with E-state index in [9.17, 15) is 13.2 Å². The highest BCUT2D eigenvalue weighted by Crippen LogP contribution is 2.13. The second-order valence-corrected chi connectivity index (χ2v) is 7.26. The van der Waals surface area contributed by atoms with Crippen LogP contribution in [0.4, 0.5) is 0 Å². The number of para-hydroxylation sites is 2. The van der Waals surface area contributed by atoms with Crippen LogP contribution < -0.4 is 5.32 Å². The van der Waals surface area contributed by atoms with E-state index in [0.29, 0.717) is 6.42 Å². The van der Waals surface area contributed by atoms with Gasteiger partial charge in [0, 0.05) is 6.04 Å². The van der Waals surface area contributed by atoms with E-state index in [1.807, 2.05) is 24.3 Å². The van der Waals surface area contributed by atoms with Crippen LogP contribution in [0.5, 0.6) is 0 Å². The number of fused-ring (bicyclic) bond motifs is 1. The number of amides is 1. The molecule has 2 heterocycles. The molecule has 1 aliphatic rings. The fraction of sp³-hybridized carbons (Fsp3) is 0.385. The Labute approximate surface area is 116 Å². The van der Waals surface area contributed by atoms with Gasteiger partial charge in [-0.15, -0.1) is 0 Å². The summed E-state index contributed by atoms with van der Waals surface area (Å²) < 4.78 is 24.5. The number of rotatable bonds is 3. The standard InChI is InChI=1S/C13H15N3O3S/c17-13(15-10-5-6-20(18,19)8-10)7-16-9-14-11-3-1-2-4-12(11)16/h1-4,9-10H,5-8H2,(H,15,17). The van der Waals surface area contributed by atoms with E-state index < -0.39 is 9.84 Å². The fourth-order valence-electron chi connectivity index (χ4n) is 2.47. The summed E-state index contributed by atoms with van der Waals surface area (Å²) in [6.45, 7) is 0.150. The third-order valence-corrected chi connectivity index (χ3v) is 5.21. The van der Waals surface area contributed by atoms with Crippen LogP contribution in [0.15, 0.2) is 30.6 Å². The van der Waals surface area contributed by atoms with Crippen LogP contribution in [0.2, 0.25) is 0 Å². The third-order valence-electron chi connectivity index (χ3n) is 3.44. The zero-order valence-electron chi connectivity index (χ0n) is 10.8. The van der Waals surface area contributed by atoms with Gasteiger partial charge in [-0.2, -0.15) is 0 Å². The van der Waals surface area contributed by atoms with Crippen molar-refractivity contribution >= 4 is 26.8 Å². The maximum Gasteiger partial charge on any atom is 0.240 e. The first-order chi connectivity index (χ1) is 9.53. The molecule has 0 radical (unpaired) electrons. The van der Waals surface area contributed by atoms with Crippen LogP contribution in [-0.2, 0) is 21.2 Å². The van der Waals surface area contributed by atoms with Gasteiger partial charge >= 0.3 is 0 Å². The van der Waals surface area contributed by atoms with E-state index in [0.717, 1.165) is 11.0 Å². The van der Waals surface area contributed by atoms with Crippen molar-refractivity contribution in [1.29, 1.82) is 0 Å². The molecule has 3 rings (SSSR count). The van der Waals surface area contributed by atoms with Crippen LogP contribution in [0, 0.1) is 0 Å². The lowest BCUT2D eigenvalue weighted by atomic mass is 10.2. The highest BCUT2D eigenvalue weighted by molar-refractivity contribution is 7.91. The second kappa shape index (κ2) is 4.90. The maximum absolute atomic E-state index is 12.0. The molecule has 1 saturated heterocycles. The molecule has 0 aliphatic carbocycles. The smallest absolute Gasteiger partial charge is 0.240 e. The highest BCUT2D eigenvalue weighted by atomic mass is 32.2. The summed E-state index contributed by atoms with van der Waals surface area (Å²) >= 11 is 0. The number of hydrogen-bond donors (Lipinski definition) is 1. The van der Waals surface area contributed by atoms with Gasteiger partial charge in [0.1, 0.15) is 6.54 Å². The molecule has 1 amide bonds. The molecule has 106 valence electrons. The number of benzene rings is 1. The first kappa shape index (κ1) is 13.1. The number of carbonyl (C=O) groups is 1. The molecule has 1 N–H and O–H groups in total. The van der Waals surface area contributed by atoms with E-state index in [1.54, 1.807) is 10.9 Å². The number of sulfone groups is 1. The summed E-state index contributed by atoms with van der Waals surface area (Å²) in [7, 11) is -2.97. The van der Waals surface area contributed by atoms with Crippen LogP contribution >= 0.6 is 0 Å². The normalized spacial score (nSPS) is 21.1. The quantitative estimate of drug-likeness (QED) is 0.885. The zero-order chi connectivity index (χ0) is 14.2. The average molecular weight is 293 g/mol. The average Bonchev–Trinajstić information content (AvgIpc) is 2.94. The first-order valence-electron chi connectivity index (χ1n) is 6.43. The van der Waals surface area contributed by atoms with E-state index >= 15 is 0 Å². The van der Waals surface area contributed by atoms with Crippen LogP contribution in [0.3, 0.4) is 0 Å². The monoisotopic (exact) mass is 293 g/mol. The van der Waals surface area contributed by atoms with Crippen molar-refractivity contribution < 1.29 is 13.2 Å². The molecule has 0 spiro atoms. The van der Waals surface area contributed by atoms with E-state index in [1.165, 1.54) is 0 Å². The molecule has 1 unspecified atom stereocenters. The lowest BCUT2D eigenvalue weighted by Crippen LogP contribution is -2.37. The molecule has 2 aromatic rings. The van der Waals surface area contributed by atoms with Gasteiger partial charge in [-0.25, -0.2) is 13.4 Å². The molecular formula is C13H15N3O3S. The van der Waals surface area contributed by atoms with E-state index in [2.05, 4.69) is 10.3 Å². The number of hydrogen-bond acceptors (Lipinski definition) is 4. The van der Waals surface area contributed by atoms with Gasteiger partial charge in [0.25, 0.3) is 0 Å². The third kappa shape index (κ3) is 2.67. The molecule has 6 nitrogen and oxygen atoms in total. The molecular weight excluding hydrogens is 278 g/mol. The molecule has 1 aromatic heterocycles. The topological polar surface area (TPSA) is 81.1 Å². The summed E-state index contributed by atoms with van der Waals surface area (Å²) in [6.07, 6.45) is 2.12. The fourth-order valence-corrected chi connectivity index (χ4v) is 4.15. The van der Waals surface area contributed by atoms with Crippen molar-refractivity contribution in [1.82, 2.24) is 14.9 Å². The van der Waals surface area contributed by atoms with Gasteiger partial charge in [-0.3, -0.25) is 4.79 Å². The Kier molecular flexibility index (Phi) is 3.21. The number of nitrogens with zero attached hydrogens (tertiary/aromatic N) is 2. The first-order valence-corrected chi connectivity index (χ1v) is 8.25. The summed E-state index contributed by atoms with van der Waals surface area (Å²) in [5.41, 5.74) is 1.73. The Morgan fingerprint density at radius 3 is 2.95 bits per heavy atom. The van der Waals surface area contributed by atoms with Crippen molar-refractivity contribution in [3.8, 4) is 0 Å². The molecule has 20 heavy (non-hydrogen) atoms. The van der Waals surface area contributed by atoms with Gasteiger partial charge in [-0.1, -0.05) is 12.1 Å². The van der Waals surface area contributed by atoms with Crippen molar-refractivity contribution in [3.63, 3.8) is 0 Å². The van der Waals surface area contributed by atoms with Gasteiger partial charge in [-0.05, 0) is 18.6 Å². The van der Waals surface area contributed by atoms with Gasteiger partial charge in [0.15, 0.2) is 9.84 Å². The Hall–Kier alpha value is -1.89.